The van der Waals surface area contributed by atoms with Crippen LogP contribution in [0.3, 0.4) is 0 Å². The van der Waals surface area contributed by atoms with Gasteiger partial charge < -0.3 is 5.73 Å². The Balaban J connectivity index is 1.38. The summed E-state index contributed by atoms with van der Waals surface area (Å²) < 4.78 is 0. The monoisotopic (exact) mass is 288 g/mol. The first-order valence-electron chi connectivity index (χ1n) is 7.71. The van der Waals surface area contributed by atoms with Gasteiger partial charge in [0.25, 0.3) is 0 Å². The maximum atomic E-state index is 6.04. The van der Waals surface area contributed by atoms with Gasteiger partial charge in [-0.25, -0.2) is 0 Å². The van der Waals surface area contributed by atoms with Crippen molar-refractivity contribution in [2.75, 3.05) is 12.3 Å². The largest absolute Gasteiger partial charge is 0.387 e. The summed E-state index contributed by atoms with van der Waals surface area (Å²) in [4.78, 5) is 4.63. The quantitative estimate of drug-likeness (QED) is 0.640. The minimum absolute atomic E-state index is 0.825. The molecule has 0 spiro atoms. The number of nitrogens with zero attached hydrogens (tertiary/aromatic N) is 1. The van der Waals surface area contributed by atoms with Gasteiger partial charge in [-0.1, -0.05) is 36.8 Å². The van der Waals surface area contributed by atoms with E-state index >= 15 is 0 Å². The predicted molar refractivity (Wildman–Crippen MR) is 88.0 cm³/mol. The zero-order valence-electron chi connectivity index (χ0n) is 12.0. The van der Waals surface area contributed by atoms with Crippen molar-refractivity contribution in [2.45, 2.75) is 31.4 Å². The van der Waals surface area contributed by atoms with E-state index in [9.17, 15) is 0 Å². The average Bonchev–Trinajstić information content (AvgIpc) is 3.09. The molecule has 2 nitrogen and oxygen atoms in total. The molecule has 20 heavy (non-hydrogen) atoms. The number of aliphatic imine (C=N–C) groups is 1. The van der Waals surface area contributed by atoms with Crippen LogP contribution in [0.1, 0.15) is 31.2 Å². The van der Waals surface area contributed by atoms with Crippen LogP contribution in [-0.2, 0) is 5.75 Å². The Bertz CT molecular complexity index is 457. The third kappa shape index (κ3) is 3.57. The minimum Gasteiger partial charge on any atom is -0.387 e. The molecule has 2 saturated carbocycles. The summed E-state index contributed by atoms with van der Waals surface area (Å²) in [6.45, 7) is 0.971. The molecule has 3 rings (SSSR count). The number of benzene rings is 1. The Kier molecular flexibility index (Phi) is 4.66. The molecule has 108 valence electrons. The second-order valence-electron chi connectivity index (χ2n) is 6.25. The zero-order valence-corrected chi connectivity index (χ0v) is 12.8. The smallest absolute Gasteiger partial charge is 0.104 e. The van der Waals surface area contributed by atoms with Crippen LogP contribution in [-0.4, -0.2) is 18.1 Å². The highest BCUT2D eigenvalue weighted by Gasteiger charge is 2.38. The van der Waals surface area contributed by atoms with Gasteiger partial charge in [-0.2, -0.15) is 0 Å². The van der Waals surface area contributed by atoms with Crippen molar-refractivity contribution in [2.24, 2.45) is 28.5 Å². The SMILES string of the molecule is NC(CSCc1ccccc1)=NC[C@@H]1C[C@H]2CC[C@H]1C2. The van der Waals surface area contributed by atoms with Crippen molar-refractivity contribution in [1.82, 2.24) is 0 Å². The topological polar surface area (TPSA) is 38.4 Å². The van der Waals surface area contributed by atoms with E-state index in [4.69, 9.17) is 5.73 Å². The van der Waals surface area contributed by atoms with E-state index in [0.717, 1.165) is 41.6 Å². The van der Waals surface area contributed by atoms with Crippen molar-refractivity contribution >= 4 is 17.6 Å². The van der Waals surface area contributed by atoms with Gasteiger partial charge in [0.15, 0.2) is 0 Å². The highest BCUT2D eigenvalue weighted by Crippen LogP contribution is 2.48. The van der Waals surface area contributed by atoms with Crippen molar-refractivity contribution in [1.29, 1.82) is 0 Å². The third-order valence-corrected chi connectivity index (χ3v) is 5.81. The Hall–Kier alpha value is -0.960. The van der Waals surface area contributed by atoms with Crippen molar-refractivity contribution in [3.63, 3.8) is 0 Å². The fourth-order valence-electron chi connectivity index (χ4n) is 3.73. The summed E-state index contributed by atoms with van der Waals surface area (Å²) in [6.07, 6.45) is 5.77. The van der Waals surface area contributed by atoms with Crippen LogP contribution in [0.4, 0.5) is 0 Å². The van der Waals surface area contributed by atoms with E-state index in [1.807, 2.05) is 11.8 Å². The molecular weight excluding hydrogens is 264 g/mol. The fraction of sp³-hybridized carbons (Fsp3) is 0.588. The van der Waals surface area contributed by atoms with Gasteiger partial charge in [0.1, 0.15) is 5.84 Å². The lowest BCUT2D eigenvalue weighted by Crippen LogP contribution is -2.19. The first kappa shape index (κ1) is 14.0. The minimum atomic E-state index is 0.825. The summed E-state index contributed by atoms with van der Waals surface area (Å²) in [7, 11) is 0. The molecule has 2 bridgehead atoms. The first-order valence-corrected chi connectivity index (χ1v) is 8.87. The van der Waals surface area contributed by atoms with Crippen LogP contribution < -0.4 is 5.73 Å². The Labute approximate surface area is 126 Å². The average molecular weight is 288 g/mol. The highest BCUT2D eigenvalue weighted by molar-refractivity contribution is 7.99. The molecule has 1 aromatic carbocycles. The number of rotatable bonds is 6. The van der Waals surface area contributed by atoms with Crippen LogP contribution in [0.2, 0.25) is 0 Å². The van der Waals surface area contributed by atoms with E-state index in [-0.39, 0.29) is 0 Å². The second-order valence-corrected chi connectivity index (χ2v) is 7.23. The van der Waals surface area contributed by atoms with Gasteiger partial charge in [-0.05, 0) is 42.6 Å². The number of fused-ring (bicyclic) bond motifs is 2. The van der Waals surface area contributed by atoms with Gasteiger partial charge in [-0.3, -0.25) is 4.99 Å². The number of hydrogen-bond donors (Lipinski definition) is 1. The van der Waals surface area contributed by atoms with Crippen LogP contribution >= 0.6 is 11.8 Å². The van der Waals surface area contributed by atoms with E-state index in [2.05, 4.69) is 35.3 Å². The number of hydrogen-bond acceptors (Lipinski definition) is 2. The number of thioether (sulfide) groups is 1. The van der Waals surface area contributed by atoms with Crippen LogP contribution in [0.25, 0.3) is 0 Å². The van der Waals surface area contributed by atoms with Crippen LogP contribution in [0.5, 0.6) is 0 Å². The molecule has 1 aromatic rings. The maximum absolute atomic E-state index is 6.04. The van der Waals surface area contributed by atoms with E-state index in [0.29, 0.717) is 0 Å². The van der Waals surface area contributed by atoms with Gasteiger partial charge >= 0.3 is 0 Å². The van der Waals surface area contributed by atoms with Crippen molar-refractivity contribution in [3.8, 4) is 0 Å². The Morgan fingerprint density at radius 3 is 2.75 bits per heavy atom. The molecule has 0 amide bonds. The molecule has 3 atom stereocenters. The lowest BCUT2D eigenvalue weighted by molar-refractivity contribution is 0.342. The van der Waals surface area contributed by atoms with Crippen LogP contribution in [0, 0.1) is 17.8 Å². The third-order valence-electron chi connectivity index (χ3n) is 4.77. The zero-order chi connectivity index (χ0) is 13.8. The molecule has 3 heteroatoms. The molecule has 0 aromatic heterocycles. The molecule has 2 N–H and O–H groups in total. The molecule has 0 heterocycles. The van der Waals surface area contributed by atoms with Gasteiger partial charge in [0, 0.05) is 12.3 Å². The molecule has 0 aliphatic heterocycles. The number of amidine groups is 1. The molecular formula is C17H24N2S. The second kappa shape index (κ2) is 6.66. The van der Waals surface area contributed by atoms with Crippen molar-refractivity contribution in [3.05, 3.63) is 35.9 Å². The summed E-state index contributed by atoms with van der Waals surface area (Å²) in [6, 6.07) is 10.6. The summed E-state index contributed by atoms with van der Waals surface area (Å²) in [5.41, 5.74) is 7.40. The molecule has 2 aliphatic carbocycles. The fourth-order valence-corrected chi connectivity index (χ4v) is 4.56. The van der Waals surface area contributed by atoms with Gasteiger partial charge in [0.2, 0.25) is 0 Å². The number of nitrogens with two attached hydrogens (primary N) is 1. The lowest BCUT2D eigenvalue weighted by Gasteiger charge is -2.19. The lowest BCUT2D eigenvalue weighted by atomic mass is 9.89. The van der Waals surface area contributed by atoms with Crippen molar-refractivity contribution < 1.29 is 0 Å². The summed E-state index contributed by atoms with van der Waals surface area (Å²) >= 11 is 1.86. The molecule has 0 unspecified atom stereocenters. The first-order chi connectivity index (χ1) is 9.81. The molecule has 2 aliphatic rings. The van der Waals surface area contributed by atoms with Crippen LogP contribution in [0.15, 0.2) is 35.3 Å². The maximum Gasteiger partial charge on any atom is 0.104 e. The normalized spacial score (nSPS) is 29.0. The summed E-state index contributed by atoms with van der Waals surface area (Å²) in [5.74, 6) is 5.49. The van der Waals surface area contributed by atoms with E-state index in [1.54, 1.807) is 0 Å². The van der Waals surface area contributed by atoms with Gasteiger partial charge in [0.05, 0.1) is 5.75 Å². The van der Waals surface area contributed by atoms with E-state index in [1.165, 1.54) is 31.2 Å². The summed E-state index contributed by atoms with van der Waals surface area (Å²) in [5, 5.41) is 0. The molecule has 2 fully saturated rings. The molecule has 0 radical (unpaired) electrons. The molecule has 0 saturated heterocycles. The predicted octanol–water partition coefficient (Wildman–Crippen LogP) is 3.71. The Morgan fingerprint density at radius 1 is 1.20 bits per heavy atom. The highest BCUT2D eigenvalue weighted by atomic mass is 32.2. The standard InChI is InChI=1S/C17H24N2S/c18-17(12-20-11-13-4-2-1-3-5-13)19-10-16-9-14-6-7-15(16)8-14/h1-5,14-16H,6-12H2,(H2,18,19)/t14-,15-,16-/m0/s1. The van der Waals surface area contributed by atoms with E-state index < -0.39 is 0 Å². The Morgan fingerprint density at radius 2 is 2.05 bits per heavy atom. The van der Waals surface area contributed by atoms with Gasteiger partial charge in [-0.15, -0.1) is 11.8 Å².